The van der Waals surface area contributed by atoms with Crippen LogP contribution in [-0.2, 0) is 10.0 Å². The molecule has 10 heteroatoms. The Balaban J connectivity index is 2.27. The van der Waals surface area contributed by atoms with E-state index >= 15 is 0 Å². The van der Waals surface area contributed by atoms with E-state index in [-0.39, 0.29) is 21.8 Å². The van der Waals surface area contributed by atoms with Gasteiger partial charge in [0.15, 0.2) is 0 Å². The molecule has 2 N–H and O–H groups in total. The predicted molar refractivity (Wildman–Crippen MR) is 110 cm³/mol. The van der Waals surface area contributed by atoms with Crippen molar-refractivity contribution in [3.05, 3.63) is 57.6 Å². The van der Waals surface area contributed by atoms with Crippen LogP contribution in [0.15, 0.2) is 35.2 Å². The number of amides is 2. The van der Waals surface area contributed by atoms with Gasteiger partial charge >= 0.3 is 0 Å². The van der Waals surface area contributed by atoms with Gasteiger partial charge in [0.05, 0.1) is 17.6 Å². The van der Waals surface area contributed by atoms with Crippen molar-refractivity contribution in [3.63, 3.8) is 0 Å². The lowest BCUT2D eigenvalue weighted by atomic mass is 10.1. The topological polar surface area (TPSA) is 105 Å². The van der Waals surface area contributed by atoms with Gasteiger partial charge in [-0.3, -0.25) is 20.4 Å². The van der Waals surface area contributed by atoms with Gasteiger partial charge in [-0.05, 0) is 55.3 Å². The number of hydrogen-bond acceptors (Lipinski definition) is 5. The summed E-state index contributed by atoms with van der Waals surface area (Å²) in [4.78, 5) is 24.9. The van der Waals surface area contributed by atoms with Gasteiger partial charge in [-0.25, -0.2) is 12.7 Å². The minimum atomic E-state index is -3.74. The molecule has 0 radical (unpaired) electrons. The molecule has 8 nitrogen and oxygen atoms in total. The van der Waals surface area contributed by atoms with Crippen molar-refractivity contribution in [2.24, 2.45) is 0 Å². The summed E-state index contributed by atoms with van der Waals surface area (Å²) < 4.78 is 31.2. The zero-order chi connectivity index (χ0) is 21.9. The van der Waals surface area contributed by atoms with Crippen molar-refractivity contribution in [1.82, 2.24) is 15.2 Å². The van der Waals surface area contributed by atoms with Crippen LogP contribution in [0.1, 0.15) is 31.8 Å². The number of nitrogens with zero attached hydrogens (tertiary/aromatic N) is 1. The Labute approximate surface area is 174 Å². The lowest BCUT2D eigenvalue weighted by molar-refractivity contribution is 0.0844. The van der Waals surface area contributed by atoms with Crippen LogP contribution >= 0.6 is 11.6 Å². The maximum atomic E-state index is 12.5. The van der Waals surface area contributed by atoms with E-state index in [1.807, 2.05) is 0 Å². The number of ether oxygens (including phenoxy) is 1. The Bertz CT molecular complexity index is 1070. The summed E-state index contributed by atoms with van der Waals surface area (Å²) in [5.74, 6) is -1.02. The zero-order valence-corrected chi connectivity index (χ0v) is 18.2. The highest BCUT2D eigenvalue weighted by Crippen LogP contribution is 2.24. The van der Waals surface area contributed by atoms with Crippen molar-refractivity contribution in [3.8, 4) is 5.75 Å². The molecule has 0 aromatic heterocycles. The number of methoxy groups -OCH3 is 1. The number of benzene rings is 2. The minimum absolute atomic E-state index is 0.0236. The van der Waals surface area contributed by atoms with Crippen molar-refractivity contribution >= 4 is 33.4 Å². The zero-order valence-electron chi connectivity index (χ0n) is 16.7. The van der Waals surface area contributed by atoms with E-state index in [0.29, 0.717) is 16.1 Å². The van der Waals surface area contributed by atoms with Crippen LogP contribution in [-0.4, -0.2) is 45.7 Å². The van der Waals surface area contributed by atoms with Gasteiger partial charge in [-0.15, -0.1) is 0 Å². The van der Waals surface area contributed by atoms with Crippen LogP contribution in [0.2, 0.25) is 5.02 Å². The van der Waals surface area contributed by atoms with E-state index in [0.717, 1.165) is 4.31 Å². The fourth-order valence-electron chi connectivity index (χ4n) is 2.53. The Morgan fingerprint density at radius 3 is 2.24 bits per heavy atom. The smallest absolute Gasteiger partial charge is 0.273 e. The van der Waals surface area contributed by atoms with E-state index in [1.54, 1.807) is 26.0 Å². The number of carbonyl (C=O) groups is 2. The molecule has 0 bridgehead atoms. The molecule has 2 aromatic carbocycles. The molecule has 0 atom stereocenters. The normalized spacial score (nSPS) is 11.3. The maximum absolute atomic E-state index is 12.5. The van der Waals surface area contributed by atoms with Crippen LogP contribution in [0.4, 0.5) is 0 Å². The van der Waals surface area contributed by atoms with Gasteiger partial charge in [0.25, 0.3) is 11.8 Å². The first-order chi connectivity index (χ1) is 13.5. The molecule has 0 aliphatic rings. The molecule has 0 unspecified atom stereocenters. The van der Waals surface area contributed by atoms with Gasteiger partial charge in [0.2, 0.25) is 10.0 Å². The quantitative estimate of drug-likeness (QED) is 0.695. The SMILES string of the molecule is COc1ccc(Cl)cc1C(=O)NNC(=O)c1cc(C)c(C)c(S(=O)(=O)N(C)C)c1. The molecule has 2 rings (SSSR count). The van der Waals surface area contributed by atoms with Crippen LogP contribution in [0.25, 0.3) is 0 Å². The molecule has 0 saturated carbocycles. The predicted octanol–water partition coefficient (Wildman–Crippen LogP) is 2.29. The summed E-state index contributed by atoms with van der Waals surface area (Å²) in [5.41, 5.74) is 5.95. The number of sulfonamides is 1. The van der Waals surface area contributed by atoms with E-state index in [2.05, 4.69) is 10.9 Å². The number of hydrogen-bond donors (Lipinski definition) is 2. The first-order valence-electron chi connectivity index (χ1n) is 8.47. The minimum Gasteiger partial charge on any atom is -0.496 e. The highest BCUT2D eigenvalue weighted by molar-refractivity contribution is 7.89. The van der Waals surface area contributed by atoms with E-state index < -0.39 is 21.8 Å². The van der Waals surface area contributed by atoms with Gasteiger partial charge in [-0.1, -0.05) is 11.6 Å². The van der Waals surface area contributed by atoms with Crippen molar-refractivity contribution in [2.45, 2.75) is 18.7 Å². The number of hydrazine groups is 1. The molecule has 0 heterocycles. The molecular formula is C19H22ClN3O5S. The molecule has 2 amide bonds. The number of nitrogens with one attached hydrogen (secondary N) is 2. The van der Waals surface area contributed by atoms with Crippen LogP contribution in [0.5, 0.6) is 5.75 Å². The molecule has 29 heavy (non-hydrogen) atoms. The fraction of sp³-hybridized carbons (Fsp3) is 0.263. The molecular weight excluding hydrogens is 418 g/mol. The summed E-state index contributed by atoms with van der Waals surface area (Å²) in [6.45, 7) is 3.37. The van der Waals surface area contributed by atoms with Crippen molar-refractivity contribution in [2.75, 3.05) is 21.2 Å². The summed E-state index contributed by atoms with van der Waals surface area (Å²) in [6.07, 6.45) is 0. The van der Waals surface area contributed by atoms with E-state index in [9.17, 15) is 18.0 Å². The summed E-state index contributed by atoms with van der Waals surface area (Å²) in [7, 11) is 0.488. The van der Waals surface area contributed by atoms with Crippen LogP contribution in [0, 0.1) is 13.8 Å². The average molecular weight is 440 g/mol. The second-order valence-corrected chi connectivity index (χ2v) is 9.01. The largest absolute Gasteiger partial charge is 0.496 e. The molecule has 0 aliphatic heterocycles. The summed E-state index contributed by atoms with van der Waals surface area (Å²) >= 11 is 5.91. The number of aryl methyl sites for hydroxylation is 1. The second-order valence-electron chi connectivity index (χ2n) is 6.46. The first kappa shape index (κ1) is 22.7. The van der Waals surface area contributed by atoms with Gasteiger partial charge < -0.3 is 4.74 Å². The molecule has 0 fully saturated rings. The van der Waals surface area contributed by atoms with Crippen molar-refractivity contribution in [1.29, 1.82) is 0 Å². The first-order valence-corrected chi connectivity index (χ1v) is 10.3. The van der Waals surface area contributed by atoms with Crippen LogP contribution < -0.4 is 15.6 Å². The molecule has 0 saturated heterocycles. The molecule has 0 aliphatic carbocycles. The lowest BCUT2D eigenvalue weighted by Gasteiger charge is -2.17. The third-order valence-corrected chi connectivity index (χ3v) is 6.51. The molecule has 156 valence electrons. The Morgan fingerprint density at radius 2 is 1.66 bits per heavy atom. The standard InChI is InChI=1S/C19H22ClN3O5S/c1-11-8-13(9-17(12(11)2)29(26,27)23(3)4)18(24)21-22-19(25)15-10-14(20)6-7-16(15)28-5/h6-10H,1-5H3,(H,21,24)(H,22,25). The molecule has 2 aromatic rings. The summed E-state index contributed by atoms with van der Waals surface area (Å²) in [5, 5.41) is 0.329. The summed E-state index contributed by atoms with van der Waals surface area (Å²) in [6, 6.07) is 7.32. The Kier molecular flexibility index (Phi) is 6.89. The van der Waals surface area contributed by atoms with E-state index in [1.165, 1.54) is 39.4 Å². The third-order valence-electron chi connectivity index (χ3n) is 4.34. The Hall–Kier alpha value is -2.62. The van der Waals surface area contributed by atoms with Crippen LogP contribution in [0.3, 0.4) is 0 Å². The number of halogens is 1. The van der Waals surface area contributed by atoms with E-state index in [4.69, 9.17) is 16.3 Å². The fourth-order valence-corrected chi connectivity index (χ4v) is 3.92. The maximum Gasteiger partial charge on any atom is 0.273 e. The monoisotopic (exact) mass is 439 g/mol. The van der Waals surface area contributed by atoms with Crippen molar-refractivity contribution < 1.29 is 22.7 Å². The van der Waals surface area contributed by atoms with Gasteiger partial charge in [0, 0.05) is 24.7 Å². The highest BCUT2D eigenvalue weighted by atomic mass is 35.5. The average Bonchev–Trinajstić information content (AvgIpc) is 2.67. The highest BCUT2D eigenvalue weighted by Gasteiger charge is 2.23. The Morgan fingerprint density at radius 1 is 1.03 bits per heavy atom. The number of rotatable bonds is 5. The van der Waals surface area contributed by atoms with Gasteiger partial charge in [0.1, 0.15) is 5.75 Å². The molecule has 0 spiro atoms. The number of carbonyl (C=O) groups excluding carboxylic acids is 2. The van der Waals surface area contributed by atoms with Gasteiger partial charge in [-0.2, -0.15) is 0 Å². The third kappa shape index (κ3) is 4.87. The lowest BCUT2D eigenvalue weighted by Crippen LogP contribution is -2.41. The second kappa shape index (κ2) is 8.81.